The number of nitrogens with one attached hydrogen (secondary N) is 1. The first-order chi connectivity index (χ1) is 9.40. The summed E-state index contributed by atoms with van der Waals surface area (Å²) in [5.74, 6) is -1.44. The Bertz CT molecular complexity index is 504. The van der Waals surface area contributed by atoms with Gasteiger partial charge in [-0.25, -0.2) is 4.39 Å². The largest absolute Gasteiger partial charge is 0.341 e. The van der Waals surface area contributed by atoms with Crippen LogP contribution >= 0.6 is 12.6 Å². The Morgan fingerprint density at radius 1 is 1.35 bits per heavy atom. The Labute approximate surface area is 123 Å². The molecule has 1 unspecified atom stereocenters. The van der Waals surface area contributed by atoms with Crippen molar-refractivity contribution in [3.8, 4) is 0 Å². The van der Waals surface area contributed by atoms with Gasteiger partial charge in [-0.1, -0.05) is 0 Å². The molecule has 110 valence electrons. The van der Waals surface area contributed by atoms with Crippen LogP contribution < -0.4 is 5.32 Å². The van der Waals surface area contributed by atoms with Crippen LogP contribution in [0.5, 0.6) is 0 Å². The maximum atomic E-state index is 13.6. The molecule has 0 heterocycles. The second-order valence-electron chi connectivity index (χ2n) is 4.37. The van der Waals surface area contributed by atoms with E-state index in [2.05, 4.69) is 17.9 Å². The minimum Gasteiger partial charge on any atom is -0.341 e. The summed E-state index contributed by atoms with van der Waals surface area (Å²) >= 11 is 4.07. The number of benzene rings is 1. The molecule has 1 rings (SSSR count). The third kappa shape index (κ3) is 3.96. The highest BCUT2D eigenvalue weighted by molar-refractivity contribution is 7.80. The Balaban J connectivity index is 2.80. The fourth-order valence-corrected chi connectivity index (χ4v) is 2.04. The zero-order valence-electron chi connectivity index (χ0n) is 11.8. The van der Waals surface area contributed by atoms with E-state index in [1.54, 1.807) is 11.8 Å². The molecular weight excluding hydrogens is 279 g/mol. The van der Waals surface area contributed by atoms with Gasteiger partial charge in [-0.05, 0) is 39.0 Å². The molecule has 0 fully saturated rings. The molecule has 0 saturated heterocycles. The van der Waals surface area contributed by atoms with Gasteiger partial charge in [0.25, 0.3) is 5.91 Å². The molecule has 4 nitrogen and oxygen atoms in total. The number of hydrogen-bond acceptors (Lipinski definition) is 3. The summed E-state index contributed by atoms with van der Waals surface area (Å²) in [4.78, 5) is 26.1. The Hall–Kier alpha value is -1.56. The molecule has 0 saturated carbocycles. The Morgan fingerprint density at radius 3 is 2.50 bits per heavy atom. The van der Waals surface area contributed by atoms with Gasteiger partial charge in [0.1, 0.15) is 11.9 Å². The lowest BCUT2D eigenvalue weighted by Crippen LogP contribution is -2.47. The molecule has 0 spiro atoms. The first-order valence-corrected chi connectivity index (χ1v) is 6.93. The highest BCUT2D eigenvalue weighted by Gasteiger charge is 2.21. The molecule has 0 bridgehead atoms. The van der Waals surface area contributed by atoms with Crippen LogP contribution in [0.3, 0.4) is 0 Å². The van der Waals surface area contributed by atoms with E-state index in [0.29, 0.717) is 18.0 Å². The van der Waals surface area contributed by atoms with E-state index in [0.717, 1.165) is 0 Å². The number of carbonyl (C=O) groups is 2. The van der Waals surface area contributed by atoms with Gasteiger partial charge in [0.2, 0.25) is 5.91 Å². The van der Waals surface area contributed by atoms with E-state index in [1.807, 2.05) is 13.8 Å². The average Bonchev–Trinajstić information content (AvgIpc) is 2.42. The third-order valence-electron chi connectivity index (χ3n) is 2.99. The first-order valence-electron chi connectivity index (χ1n) is 6.48. The standard InChI is InChI=1S/C14H19FN2O2S/c1-4-17(5-2)14(19)9(3)16-13(18)11-8-10(20)6-7-12(11)15/h6-9,20H,4-5H2,1-3H3,(H,16,18). The van der Waals surface area contributed by atoms with Crippen LogP contribution in [-0.2, 0) is 4.79 Å². The van der Waals surface area contributed by atoms with Crippen molar-refractivity contribution in [3.63, 3.8) is 0 Å². The van der Waals surface area contributed by atoms with E-state index < -0.39 is 17.8 Å². The van der Waals surface area contributed by atoms with Gasteiger partial charge in [0.05, 0.1) is 5.56 Å². The normalized spacial score (nSPS) is 11.8. The monoisotopic (exact) mass is 298 g/mol. The number of hydrogen-bond donors (Lipinski definition) is 2. The Morgan fingerprint density at radius 2 is 1.95 bits per heavy atom. The summed E-state index contributed by atoms with van der Waals surface area (Å²) in [7, 11) is 0. The number of halogens is 1. The quantitative estimate of drug-likeness (QED) is 0.818. The minimum absolute atomic E-state index is 0.114. The molecule has 0 aliphatic rings. The third-order valence-corrected chi connectivity index (χ3v) is 3.27. The van der Waals surface area contributed by atoms with Crippen LogP contribution in [0.4, 0.5) is 4.39 Å². The van der Waals surface area contributed by atoms with Crippen LogP contribution in [0, 0.1) is 5.82 Å². The van der Waals surface area contributed by atoms with Gasteiger partial charge in [-0.3, -0.25) is 9.59 Å². The van der Waals surface area contributed by atoms with Gasteiger partial charge in [0.15, 0.2) is 0 Å². The van der Waals surface area contributed by atoms with Crippen molar-refractivity contribution >= 4 is 24.4 Å². The van der Waals surface area contributed by atoms with Crippen LogP contribution in [0.15, 0.2) is 23.1 Å². The van der Waals surface area contributed by atoms with Gasteiger partial charge in [0, 0.05) is 18.0 Å². The molecule has 0 radical (unpaired) electrons. The van der Waals surface area contributed by atoms with E-state index >= 15 is 0 Å². The zero-order valence-corrected chi connectivity index (χ0v) is 12.7. The summed E-state index contributed by atoms with van der Waals surface area (Å²) < 4.78 is 13.6. The highest BCUT2D eigenvalue weighted by Crippen LogP contribution is 2.13. The molecule has 6 heteroatoms. The number of carbonyl (C=O) groups excluding carboxylic acids is 2. The SMILES string of the molecule is CCN(CC)C(=O)C(C)NC(=O)c1cc(S)ccc1F. The first kappa shape index (κ1) is 16.5. The highest BCUT2D eigenvalue weighted by atomic mass is 32.1. The molecule has 2 amide bonds. The van der Waals surface area contributed by atoms with E-state index in [-0.39, 0.29) is 11.5 Å². The van der Waals surface area contributed by atoms with Crippen LogP contribution in [0.1, 0.15) is 31.1 Å². The van der Waals surface area contributed by atoms with Crippen LogP contribution in [0.2, 0.25) is 0 Å². The predicted molar refractivity (Wildman–Crippen MR) is 78.5 cm³/mol. The van der Waals surface area contributed by atoms with Gasteiger partial charge >= 0.3 is 0 Å². The van der Waals surface area contributed by atoms with Crippen LogP contribution in [0.25, 0.3) is 0 Å². The topological polar surface area (TPSA) is 49.4 Å². The molecule has 0 aliphatic heterocycles. The van der Waals surface area contributed by atoms with Crippen molar-refractivity contribution < 1.29 is 14.0 Å². The molecule has 1 atom stereocenters. The summed E-state index contributed by atoms with van der Waals surface area (Å²) in [6.45, 7) is 6.44. The van der Waals surface area contributed by atoms with E-state index in [9.17, 15) is 14.0 Å². The second-order valence-corrected chi connectivity index (χ2v) is 4.89. The fraction of sp³-hybridized carbons (Fsp3) is 0.429. The van der Waals surface area contributed by atoms with Crippen LogP contribution in [-0.4, -0.2) is 35.8 Å². The lowest BCUT2D eigenvalue weighted by Gasteiger charge is -2.23. The number of nitrogens with zero attached hydrogens (tertiary/aromatic N) is 1. The zero-order chi connectivity index (χ0) is 15.3. The molecule has 0 aliphatic carbocycles. The summed E-state index contributed by atoms with van der Waals surface area (Å²) in [5.41, 5.74) is -0.114. The molecule has 1 aromatic carbocycles. The molecule has 1 N–H and O–H groups in total. The number of likely N-dealkylation sites (N-methyl/N-ethyl adjacent to an activating group) is 1. The number of thiol groups is 1. The van der Waals surface area contributed by atoms with Crippen molar-refractivity contribution in [2.75, 3.05) is 13.1 Å². The molecule has 0 aromatic heterocycles. The van der Waals surface area contributed by atoms with E-state index in [4.69, 9.17) is 0 Å². The minimum atomic E-state index is -0.703. The summed E-state index contributed by atoms with van der Waals surface area (Å²) in [5, 5.41) is 2.51. The second kappa shape index (κ2) is 7.28. The summed E-state index contributed by atoms with van der Waals surface area (Å²) in [6.07, 6.45) is 0. The van der Waals surface area contributed by atoms with Crippen molar-refractivity contribution in [3.05, 3.63) is 29.6 Å². The summed E-state index contributed by atoms with van der Waals surface area (Å²) in [6, 6.07) is 3.27. The molecule has 20 heavy (non-hydrogen) atoms. The maximum absolute atomic E-state index is 13.6. The lowest BCUT2D eigenvalue weighted by atomic mass is 10.1. The van der Waals surface area contributed by atoms with Gasteiger partial charge < -0.3 is 10.2 Å². The average molecular weight is 298 g/mol. The van der Waals surface area contributed by atoms with Crippen molar-refractivity contribution in [2.24, 2.45) is 0 Å². The van der Waals surface area contributed by atoms with Crippen molar-refractivity contribution in [1.82, 2.24) is 10.2 Å². The number of amides is 2. The van der Waals surface area contributed by atoms with E-state index in [1.165, 1.54) is 18.2 Å². The fourth-order valence-electron chi connectivity index (χ4n) is 1.83. The lowest BCUT2D eigenvalue weighted by molar-refractivity contribution is -0.132. The van der Waals surface area contributed by atoms with Gasteiger partial charge in [-0.2, -0.15) is 0 Å². The Kier molecular flexibility index (Phi) is 6.01. The maximum Gasteiger partial charge on any atom is 0.254 e. The van der Waals surface area contributed by atoms with Crippen molar-refractivity contribution in [1.29, 1.82) is 0 Å². The smallest absolute Gasteiger partial charge is 0.254 e. The molecule has 1 aromatic rings. The predicted octanol–water partition coefficient (Wildman–Crippen LogP) is 2.10. The van der Waals surface area contributed by atoms with Crippen molar-refractivity contribution in [2.45, 2.75) is 31.7 Å². The number of rotatable bonds is 5. The molecular formula is C14H19FN2O2S. The van der Waals surface area contributed by atoms with Gasteiger partial charge in [-0.15, -0.1) is 12.6 Å².